The summed E-state index contributed by atoms with van der Waals surface area (Å²) < 4.78 is 5.65. The Morgan fingerprint density at radius 1 is 0.806 bits per heavy atom. The number of rotatable bonds is 2. The Bertz CT molecular complexity index is 1310. The van der Waals surface area contributed by atoms with Crippen molar-refractivity contribution in [2.24, 2.45) is 0 Å². The van der Waals surface area contributed by atoms with E-state index in [4.69, 9.17) is 4.42 Å². The highest BCUT2D eigenvalue weighted by Gasteiger charge is 2.37. The minimum absolute atomic E-state index is 0.0483. The number of carbonyl (C=O) groups excluding carboxylic acids is 1. The van der Waals surface area contributed by atoms with Gasteiger partial charge in [-0.1, -0.05) is 54.6 Å². The Labute approximate surface area is 180 Å². The van der Waals surface area contributed by atoms with Gasteiger partial charge >= 0.3 is 0 Å². The third-order valence-electron chi connectivity index (χ3n) is 6.39. The molecule has 4 nitrogen and oxygen atoms in total. The number of anilines is 2. The second kappa shape index (κ2) is 7.17. The number of benzene rings is 3. The van der Waals surface area contributed by atoms with Crippen LogP contribution in [-0.4, -0.2) is 5.78 Å². The second-order valence-corrected chi connectivity index (χ2v) is 8.25. The van der Waals surface area contributed by atoms with Gasteiger partial charge in [0.05, 0.1) is 23.7 Å². The molecule has 2 unspecified atom stereocenters. The lowest BCUT2D eigenvalue weighted by Crippen LogP contribution is -2.26. The van der Waals surface area contributed by atoms with Gasteiger partial charge in [0.15, 0.2) is 5.78 Å². The number of fused-ring (bicyclic) bond motifs is 2. The molecule has 0 radical (unpaired) electrons. The van der Waals surface area contributed by atoms with Crippen molar-refractivity contribution in [3.63, 3.8) is 0 Å². The summed E-state index contributed by atoms with van der Waals surface area (Å²) in [5, 5.41) is 9.60. The van der Waals surface area contributed by atoms with E-state index in [1.54, 1.807) is 6.26 Å². The van der Waals surface area contributed by atoms with E-state index in [9.17, 15) is 4.79 Å². The van der Waals surface area contributed by atoms with Crippen LogP contribution in [0.1, 0.15) is 36.1 Å². The molecule has 0 saturated carbocycles. The summed E-state index contributed by atoms with van der Waals surface area (Å²) in [5.74, 6) is 1.08. The highest BCUT2D eigenvalue weighted by Crippen LogP contribution is 2.45. The van der Waals surface area contributed by atoms with Crippen LogP contribution in [0.2, 0.25) is 0 Å². The number of nitrogens with one attached hydrogen (secondary N) is 2. The largest absolute Gasteiger partial charge is 0.469 e. The second-order valence-electron chi connectivity index (χ2n) is 8.25. The topological polar surface area (TPSA) is 54.3 Å². The van der Waals surface area contributed by atoms with E-state index in [1.807, 2.05) is 30.3 Å². The summed E-state index contributed by atoms with van der Waals surface area (Å²) in [6.07, 6.45) is 2.87. The fourth-order valence-electron chi connectivity index (χ4n) is 4.95. The smallest absolute Gasteiger partial charge is 0.163 e. The molecule has 1 aliphatic carbocycles. The van der Waals surface area contributed by atoms with Crippen LogP contribution in [0.4, 0.5) is 11.4 Å². The normalized spacial score (nSPS) is 20.5. The molecule has 0 spiro atoms. The average molecular weight is 406 g/mol. The summed E-state index contributed by atoms with van der Waals surface area (Å²) in [5.41, 5.74) is 4.92. The van der Waals surface area contributed by atoms with Crippen molar-refractivity contribution in [1.29, 1.82) is 0 Å². The van der Waals surface area contributed by atoms with Crippen LogP contribution >= 0.6 is 0 Å². The maximum Gasteiger partial charge on any atom is 0.163 e. The van der Waals surface area contributed by atoms with Gasteiger partial charge in [-0.2, -0.15) is 0 Å². The third kappa shape index (κ3) is 3.03. The third-order valence-corrected chi connectivity index (χ3v) is 6.39. The molecule has 6 rings (SSSR count). The first-order chi connectivity index (χ1) is 15.3. The van der Waals surface area contributed by atoms with E-state index in [2.05, 4.69) is 59.2 Å². The van der Waals surface area contributed by atoms with Crippen LogP contribution in [0.25, 0.3) is 10.8 Å². The van der Waals surface area contributed by atoms with Gasteiger partial charge in [-0.15, -0.1) is 0 Å². The standard InChI is InChI=1S/C27H22N2O2/c30-24-16-18(25-13-6-14-31-25)15-23-26(24)27(29-22-12-4-3-11-21(22)28-23)20-10-5-8-17-7-1-2-9-19(17)20/h1-14,18,27-29H,15-16H2. The molecular weight excluding hydrogens is 384 g/mol. The maximum absolute atomic E-state index is 13.6. The molecule has 31 heavy (non-hydrogen) atoms. The number of furan rings is 1. The van der Waals surface area contributed by atoms with Gasteiger partial charge in [0, 0.05) is 23.6 Å². The lowest BCUT2D eigenvalue weighted by atomic mass is 9.80. The van der Waals surface area contributed by atoms with Crippen LogP contribution in [-0.2, 0) is 4.79 Å². The Morgan fingerprint density at radius 3 is 2.48 bits per heavy atom. The minimum atomic E-state index is -0.220. The maximum atomic E-state index is 13.6. The summed E-state index contributed by atoms with van der Waals surface area (Å²) in [6.45, 7) is 0. The van der Waals surface area contributed by atoms with Gasteiger partial charge < -0.3 is 15.1 Å². The van der Waals surface area contributed by atoms with E-state index in [-0.39, 0.29) is 17.7 Å². The molecule has 3 aromatic carbocycles. The predicted octanol–water partition coefficient (Wildman–Crippen LogP) is 6.41. The molecule has 152 valence electrons. The molecule has 1 aliphatic heterocycles. The number of allylic oxidation sites excluding steroid dienone is 1. The van der Waals surface area contributed by atoms with Crippen LogP contribution in [0.3, 0.4) is 0 Å². The Kier molecular flexibility index (Phi) is 4.17. The van der Waals surface area contributed by atoms with Crippen LogP contribution in [0.5, 0.6) is 0 Å². The SMILES string of the molecule is O=C1CC(c2ccco2)CC2=C1C(c1cccc3ccccc13)Nc1ccccc1N2. The molecule has 2 aliphatic rings. The van der Waals surface area contributed by atoms with Crippen molar-refractivity contribution < 1.29 is 9.21 Å². The van der Waals surface area contributed by atoms with Gasteiger partial charge in [-0.05, 0) is 47.0 Å². The van der Waals surface area contributed by atoms with Crippen molar-refractivity contribution >= 4 is 27.9 Å². The summed E-state index contributed by atoms with van der Waals surface area (Å²) >= 11 is 0. The van der Waals surface area contributed by atoms with Crippen molar-refractivity contribution in [3.05, 3.63) is 108 Å². The van der Waals surface area contributed by atoms with Crippen molar-refractivity contribution in [1.82, 2.24) is 0 Å². The van der Waals surface area contributed by atoms with Crippen molar-refractivity contribution in [2.45, 2.75) is 24.8 Å². The molecule has 1 aromatic heterocycles. The molecule has 2 atom stereocenters. The number of hydrogen-bond donors (Lipinski definition) is 2. The first kappa shape index (κ1) is 18.0. The van der Waals surface area contributed by atoms with E-state index < -0.39 is 0 Å². The predicted molar refractivity (Wildman–Crippen MR) is 123 cm³/mol. The van der Waals surface area contributed by atoms with E-state index >= 15 is 0 Å². The van der Waals surface area contributed by atoms with Gasteiger partial charge in [-0.3, -0.25) is 4.79 Å². The summed E-state index contributed by atoms with van der Waals surface area (Å²) in [4.78, 5) is 13.6. The molecule has 0 bridgehead atoms. The number of Topliss-reactive ketones (excluding diaryl/α,β-unsaturated/α-hetero) is 1. The van der Waals surface area contributed by atoms with E-state index in [0.717, 1.165) is 45.8 Å². The zero-order valence-corrected chi connectivity index (χ0v) is 17.0. The molecule has 0 amide bonds. The van der Waals surface area contributed by atoms with E-state index in [1.165, 1.54) is 5.39 Å². The monoisotopic (exact) mass is 406 g/mol. The van der Waals surface area contributed by atoms with Gasteiger partial charge in [-0.25, -0.2) is 0 Å². The van der Waals surface area contributed by atoms with E-state index in [0.29, 0.717) is 6.42 Å². The molecule has 4 aromatic rings. The highest BCUT2D eigenvalue weighted by atomic mass is 16.3. The molecule has 0 saturated heterocycles. The number of para-hydroxylation sites is 2. The lowest BCUT2D eigenvalue weighted by molar-refractivity contribution is -0.116. The van der Waals surface area contributed by atoms with Gasteiger partial charge in [0.1, 0.15) is 5.76 Å². The fraction of sp³-hybridized carbons (Fsp3) is 0.148. The van der Waals surface area contributed by atoms with Gasteiger partial charge in [0.2, 0.25) is 0 Å². The summed E-state index contributed by atoms with van der Waals surface area (Å²) in [6, 6.07) is 26.5. The first-order valence-electron chi connectivity index (χ1n) is 10.7. The first-order valence-corrected chi connectivity index (χ1v) is 10.7. The van der Waals surface area contributed by atoms with Crippen LogP contribution in [0, 0.1) is 0 Å². The van der Waals surface area contributed by atoms with Gasteiger partial charge in [0.25, 0.3) is 0 Å². The molecule has 2 heterocycles. The zero-order valence-electron chi connectivity index (χ0n) is 17.0. The van der Waals surface area contributed by atoms with Crippen LogP contribution < -0.4 is 10.6 Å². The quantitative estimate of drug-likeness (QED) is 0.404. The Balaban J connectivity index is 1.54. The molecular formula is C27H22N2O2. The average Bonchev–Trinajstić information content (AvgIpc) is 3.28. The minimum Gasteiger partial charge on any atom is -0.469 e. The number of carbonyl (C=O) groups is 1. The number of hydrogen-bond acceptors (Lipinski definition) is 4. The molecule has 2 N–H and O–H groups in total. The fourth-order valence-corrected chi connectivity index (χ4v) is 4.95. The summed E-state index contributed by atoms with van der Waals surface area (Å²) in [7, 11) is 0. The van der Waals surface area contributed by atoms with Crippen molar-refractivity contribution in [2.75, 3.05) is 10.6 Å². The van der Waals surface area contributed by atoms with Crippen molar-refractivity contribution in [3.8, 4) is 0 Å². The lowest BCUT2D eigenvalue weighted by Gasteiger charge is -2.29. The molecule has 4 heteroatoms. The highest BCUT2D eigenvalue weighted by molar-refractivity contribution is 6.02. The Hall–Kier alpha value is -3.79. The zero-order chi connectivity index (χ0) is 20.8. The molecule has 0 fully saturated rings. The Morgan fingerprint density at radius 2 is 1.61 bits per heavy atom. The van der Waals surface area contributed by atoms with Crippen LogP contribution in [0.15, 0.2) is 101 Å². The number of ketones is 1.